The molecule has 0 bridgehead atoms. The number of hydrogen-bond acceptors (Lipinski definition) is 5. The number of halogens is 4. The van der Waals surface area contributed by atoms with Crippen molar-refractivity contribution in [3.63, 3.8) is 0 Å². The standard InChI is InChI=1S/C27H23ClF3N3O3/c1-36-23-14-21-22(15-24(23)37-12-2-11-28)32-16-33-26(21)18-5-9-20(10-6-18)34-25(35)13-17-3-7-19(8-4-17)27(29,30)31/h3-10,14-16H,2,11-13H2,1H3,(H,34,35). The van der Waals surface area contributed by atoms with Crippen molar-refractivity contribution in [2.45, 2.75) is 19.0 Å². The third-order valence-corrected chi connectivity index (χ3v) is 5.81. The summed E-state index contributed by atoms with van der Waals surface area (Å²) in [4.78, 5) is 21.2. The number of hydrogen-bond donors (Lipinski definition) is 1. The molecule has 0 radical (unpaired) electrons. The zero-order valence-corrected chi connectivity index (χ0v) is 20.6. The van der Waals surface area contributed by atoms with Crippen molar-refractivity contribution < 1.29 is 27.4 Å². The van der Waals surface area contributed by atoms with E-state index in [-0.39, 0.29) is 12.3 Å². The fourth-order valence-electron chi connectivity index (χ4n) is 3.72. The lowest BCUT2D eigenvalue weighted by Crippen LogP contribution is -2.14. The fourth-order valence-corrected chi connectivity index (χ4v) is 3.83. The maximum Gasteiger partial charge on any atom is 0.416 e. The third-order valence-electron chi connectivity index (χ3n) is 5.54. The van der Waals surface area contributed by atoms with Crippen molar-refractivity contribution in [2.24, 2.45) is 0 Å². The van der Waals surface area contributed by atoms with E-state index in [0.29, 0.717) is 52.9 Å². The molecule has 1 heterocycles. The molecule has 0 saturated heterocycles. The largest absolute Gasteiger partial charge is 0.493 e. The zero-order valence-electron chi connectivity index (χ0n) is 19.8. The molecule has 0 aliphatic rings. The number of nitrogens with one attached hydrogen (secondary N) is 1. The van der Waals surface area contributed by atoms with Crippen molar-refractivity contribution in [1.29, 1.82) is 0 Å². The Bertz CT molecular complexity index is 1380. The number of nitrogens with zero attached hydrogens (tertiary/aromatic N) is 2. The molecule has 0 unspecified atom stereocenters. The average molecular weight is 530 g/mol. The van der Waals surface area contributed by atoms with Gasteiger partial charge in [-0.2, -0.15) is 13.2 Å². The van der Waals surface area contributed by atoms with Gasteiger partial charge in [-0.1, -0.05) is 24.3 Å². The lowest BCUT2D eigenvalue weighted by atomic mass is 10.1. The van der Waals surface area contributed by atoms with Gasteiger partial charge in [0.2, 0.25) is 5.91 Å². The number of alkyl halides is 4. The second kappa shape index (κ2) is 11.5. The van der Waals surface area contributed by atoms with Gasteiger partial charge in [0, 0.05) is 28.6 Å². The van der Waals surface area contributed by atoms with Gasteiger partial charge in [0.1, 0.15) is 6.33 Å². The lowest BCUT2D eigenvalue weighted by Gasteiger charge is -2.13. The molecule has 0 aliphatic carbocycles. The molecule has 1 aromatic heterocycles. The molecule has 0 spiro atoms. The van der Waals surface area contributed by atoms with E-state index in [0.717, 1.165) is 23.1 Å². The smallest absolute Gasteiger partial charge is 0.416 e. The minimum atomic E-state index is -4.41. The van der Waals surface area contributed by atoms with E-state index in [1.807, 2.05) is 18.2 Å². The normalized spacial score (nSPS) is 11.4. The highest BCUT2D eigenvalue weighted by molar-refractivity contribution is 6.17. The fraction of sp³-hybridized carbons (Fsp3) is 0.222. The van der Waals surface area contributed by atoms with Gasteiger partial charge in [0.05, 0.1) is 36.9 Å². The van der Waals surface area contributed by atoms with Crippen molar-refractivity contribution in [3.05, 3.63) is 78.1 Å². The Hall–Kier alpha value is -3.85. The van der Waals surface area contributed by atoms with E-state index in [4.69, 9.17) is 21.1 Å². The summed E-state index contributed by atoms with van der Waals surface area (Å²) >= 11 is 5.73. The number of amides is 1. The number of methoxy groups -OCH3 is 1. The van der Waals surface area contributed by atoms with E-state index in [1.54, 1.807) is 25.3 Å². The Labute approximate surface area is 216 Å². The maximum absolute atomic E-state index is 12.7. The Morgan fingerprint density at radius 3 is 2.38 bits per heavy atom. The van der Waals surface area contributed by atoms with E-state index in [9.17, 15) is 18.0 Å². The Morgan fingerprint density at radius 1 is 1.00 bits per heavy atom. The average Bonchev–Trinajstić information content (AvgIpc) is 2.88. The van der Waals surface area contributed by atoms with Crippen LogP contribution in [0.2, 0.25) is 0 Å². The summed E-state index contributed by atoms with van der Waals surface area (Å²) in [5.41, 5.74) is 2.43. The van der Waals surface area contributed by atoms with Gasteiger partial charge in [0.15, 0.2) is 11.5 Å². The molecule has 3 aromatic carbocycles. The first-order valence-electron chi connectivity index (χ1n) is 11.4. The van der Waals surface area contributed by atoms with E-state index >= 15 is 0 Å². The monoisotopic (exact) mass is 529 g/mol. The van der Waals surface area contributed by atoms with Crippen molar-refractivity contribution in [3.8, 4) is 22.8 Å². The first-order chi connectivity index (χ1) is 17.8. The third kappa shape index (κ3) is 6.48. The molecule has 0 atom stereocenters. The number of rotatable bonds is 9. The van der Waals surface area contributed by atoms with Gasteiger partial charge in [0.25, 0.3) is 0 Å². The van der Waals surface area contributed by atoms with E-state index < -0.39 is 11.7 Å². The summed E-state index contributed by atoms with van der Waals surface area (Å²) in [5.74, 6) is 1.26. The number of ether oxygens (including phenoxy) is 2. The van der Waals surface area contributed by atoms with Crippen molar-refractivity contribution >= 4 is 34.1 Å². The van der Waals surface area contributed by atoms with Gasteiger partial charge >= 0.3 is 6.18 Å². The predicted molar refractivity (Wildman–Crippen MR) is 136 cm³/mol. The lowest BCUT2D eigenvalue weighted by molar-refractivity contribution is -0.137. The highest BCUT2D eigenvalue weighted by Crippen LogP contribution is 2.36. The quantitative estimate of drug-likeness (QED) is 0.197. The van der Waals surface area contributed by atoms with Crippen LogP contribution in [0.1, 0.15) is 17.5 Å². The van der Waals surface area contributed by atoms with Crippen molar-refractivity contribution in [2.75, 3.05) is 24.9 Å². The number of anilines is 1. The molecule has 0 saturated carbocycles. The summed E-state index contributed by atoms with van der Waals surface area (Å²) in [7, 11) is 1.56. The first-order valence-corrected chi connectivity index (χ1v) is 11.9. The van der Waals surface area contributed by atoms with Crippen LogP contribution in [0.3, 0.4) is 0 Å². The molecule has 37 heavy (non-hydrogen) atoms. The van der Waals surface area contributed by atoms with Crippen LogP contribution in [0.5, 0.6) is 11.5 Å². The SMILES string of the molecule is COc1cc2c(-c3ccc(NC(=O)Cc4ccc(C(F)(F)F)cc4)cc3)ncnc2cc1OCCCCl. The van der Waals surface area contributed by atoms with Crippen LogP contribution in [0.25, 0.3) is 22.2 Å². The summed E-state index contributed by atoms with van der Waals surface area (Å²) in [6.07, 6.45) is -2.30. The molecule has 1 amide bonds. The second-order valence-corrected chi connectivity index (χ2v) is 8.51. The van der Waals surface area contributed by atoms with Gasteiger partial charge in [-0.25, -0.2) is 9.97 Å². The van der Waals surface area contributed by atoms with E-state index in [2.05, 4.69) is 15.3 Å². The predicted octanol–water partition coefficient (Wildman–Crippen LogP) is 6.51. The molecule has 10 heteroatoms. The van der Waals surface area contributed by atoms with Crippen LogP contribution in [-0.4, -0.2) is 35.5 Å². The van der Waals surface area contributed by atoms with Crippen LogP contribution in [0.15, 0.2) is 67.0 Å². The van der Waals surface area contributed by atoms with Gasteiger partial charge in [-0.05, 0) is 42.3 Å². The minimum Gasteiger partial charge on any atom is -0.493 e. The topological polar surface area (TPSA) is 73.3 Å². The van der Waals surface area contributed by atoms with Gasteiger partial charge in [-0.3, -0.25) is 4.79 Å². The number of aromatic nitrogens is 2. The molecule has 1 N–H and O–H groups in total. The molecule has 0 fully saturated rings. The maximum atomic E-state index is 12.7. The van der Waals surface area contributed by atoms with Crippen LogP contribution >= 0.6 is 11.6 Å². The minimum absolute atomic E-state index is 0.0501. The highest BCUT2D eigenvalue weighted by Gasteiger charge is 2.30. The number of carbonyl (C=O) groups is 1. The number of benzene rings is 3. The van der Waals surface area contributed by atoms with Gasteiger partial charge in [-0.15, -0.1) is 11.6 Å². The van der Waals surface area contributed by atoms with Crippen LogP contribution < -0.4 is 14.8 Å². The van der Waals surface area contributed by atoms with Gasteiger partial charge < -0.3 is 14.8 Å². The summed E-state index contributed by atoms with van der Waals surface area (Å²) in [5, 5.41) is 3.53. The van der Waals surface area contributed by atoms with Crippen molar-refractivity contribution in [1.82, 2.24) is 9.97 Å². The molecule has 4 aromatic rings. The van der Waals surface area contributed by atoms with Crippen LogP contribution in [0.4, 0.5) is 18.9 Å². The molecule has 0 aliphatic heterocycles. The highest BCUT2D eigenvalue weighted by atomic mass is 35.5. The number of fused-ring (bicyclic) bond motifs is 1. The Kier molecular flexibility index (Phi) is 8.13. The Balaban J connectivity index is 1.49. The Morgan fingerprint density at radius 2 is 1.73 bits per heavy atom. The molecular formula is C27H23ClF3N3O3. The summed E-state index contributed by atoms with van der Waals surface area (Å²) in [6.45, 7) is 0.454. The summed E-state index contributed by atoms with van der Waals surface area (Å²) < 4.78 is 49.4. The molecule has 6 nitrogen and oxygen atoms in total. The second-order valence-electron chi connectivity index (χ2n) is 8.13. The number of carbonyl (C=O) groups excluding carboxylic acids is 1. The van der Waals surface area contributed by atoms with Crippen LogP contribution in [0, 0.1) is 0 Å². The first kappa shape index (κ1) is 26.2. The molecular weight excluding hydrogens is 507 g/mol. The van der Waals surface area contributed by atoms with Crippen LogP contribution in [-0.2, 0) is 17.4 Å². The zero-order chi connectivity index (χ0) is 26.4. The molecule has 4 rings (SSSR count). The van der Waals surface area contributed by atoms with E-state index in [1.165, 1.54) is 18.5 Å². The molecule has 192 valence electrons. The summed E-state index contributed by atoms with van der Waals surface area (Å²) in [6, 6.07) is 15.2.